The quantitative estimate of drug-likeness (QED) is 0.527. The van der Waals surface area contributed by atoms with Gasteiger partial charge in [0.25, 0.3) is 0 Å². The fraction of sp³-hybridized carbons (Fsp3) is 0.714. The van der Waals surface area contributed by atoms with E-state index in [4.69, 9.17) is 15.9 Å². The van der Waals surface area contributed by atoms with Crippen molar-refractivity contribution in [1.82, 2.24) is 0 Å². The van der Waals surface area contributed by atoms with Crippen LogP contribution in [0.4, 0.5) is 0 Å². The van der Waals surface area contributed by atoms with E-state index in [2.05, 4.69) is 0 Å². The number of hydrogen-bond acceptors (Lipinski definition) is 3. The summed E-state index contributed by atoms with van der Waals surface area (Å²) in [5.41, 5.74) is 5.28. The molecule has 1 unspecified atom stereocenters. The van der Waals surface area contributed by atoms with E-state index in [1.165, 1.54) is 0 Å². The molecule has 0 aromatic heterocycles. The first-order valence-electron chi connectivity index (χ1n) is 3.68. The zero-order valence-corrected chi connectivity index (χ0v) is 6.60. The molecule has 68 valence electrons. The number of carboxylic acids is 2. The minimum Gasteiger partial charge on any atom is -0.481 e. The van der Waals surface area contributed by atoms with Crippen molar-refractivity contribution in [2.75, 3.05) is 0 Å². The summed E-state index contributed by atoms with van der Waals surface area (Å²) in [6.45, 7) is 1.70. The molecular weight excluding hydrogens is 162 g/mol. The third-order valence-electron chi connectivity index (χ3n) is 2.43. The summed E-state index contributed by atoms with van der Waals surface area (Å²) in [5, 5.41) is 17.1. The average molecular weight is 173 g/mol. The van der Waals surface area contributed by atoms with Crippen LogP contribution in [0.25, 0.3) is 0 Å². The number of rotatable bonds is 3. The van der Waals surface area contributed by atoms with Crippen molar-refractivity contribution in [2.45, 2.75) is 13.0 Å². The summed E-state index contributed by atoms with van der Waals surface area (Å²) in [6, 6.07) is -1.04. The van der Waals surface area contributed by atoms with Gasteiger partial charge in [0, 0.05) is 5.92 Å². The predicted molar refractivity (Wildman–Crippen MR) is 39.4 cm³/mol. The van der Waals surface area contributed by atoms with Crippen molar-refractivity contribution in [3.8, 4) is 0 Å². The standard InChI is InChI=1S/C7H11NO4/c1-2-3(4(2)6(9)10)5(8)7(11)12/h2-5H,8H2,1H3,(H,9,10)(H,11,12)/t2-,3+,4+,5?/m1/s1. The highest BCUT2D eigenvalue weighted by Gasteiger charge is 2.56. The Morgan fingerprint density at radius 1 is 1.42 bits per heavy atom. The summed E-state index contributed by atoms with van der Waals surface area (Å²) in [4.78, 5) is 20.8. The van der Waals surface area contributed by atoms with Gasteiger partial charge in [-0.3, -0.25) is 9.59 Å². The van der Waals surface area contributed by atoms with Crippen molar-refractivity contribution in [3.05, 3.63) is 0 Å². The van der Waals surface area contributed by atoms with Gasteiger partial charge in [0.2, 0.25) is 0 Å². The van der Waals surface area contributed by atoms with E-state index in [1.807, 2.05) is 0 Å². The molecule has 0 bridgehead atoms. The van der Waals surface area contributed by atoms with Crippen LogP contribution in [0.3, 0.4) is 0 Å². The van der Waals surface area contributed by atoms with E-state index in [1.54, 1.807) is 6.92 Å². The van der Waals surface area contributed by atoms with Gasteiger partial charge in [-0.2, -0.15) is 0 Å². The molecule has 1 fully saturated rings. The van der Waals surface area contributed by atoms with E-state index < -0.39 is 29.8 Å². The van der Waals surface area contributed by atoms with E-state index in [0.717, 1.165) is 0 Å². The molecule has 12 heavy (non-hydrogen) atoms. The van der Waals surface area contributed by atoms with Crippen molar-refractivity contribution >= 4 is 11.9 Å². The molecule has 0 spiro atoms. The van der Waals surface area contributed by atoms with Crippen molar-refractivity contribution in [3.63, 3.8) is 0 Å². The Kier molecular flexibility index (Phi) is 2.06. The zero-order chi connectivity index (χ0) is 9.46. The lowest BCUT2D eigenvalue weighted by Crippen LogP contribution is -2.33. The molecule has 1 aliphatic rings. The second kappa shape index (κ2) is 2.75. The predicted octanol–water partition coefficient (Wildman–Crippen LogP) is -0.635. The molecule has 0 aromatic rings. The number of carboxylic acid groups (broad SMARTS) is 2. The Morgan fingerprint density at radius 3 is 2.17 bits per heavy atom. The molecule has 4 N–H and O–H groups in total. The first-order valence-corrected chi connectivity index (χ1v) is 3.68. The van der Waals surface area contributed by atoms with Gasteiger partial charge in [0.15, 0.2) is 0 Å². The topological polar surface area (TPSA) is 101 Å². The minimum atomic E-state index is -1.13. The van der Waals surface area contributed by atoms with Crippen LogP contribution in [0.1, 0.15) is 6.92 Å². The summed E-state index contributed by atoms with van der Waals surface area (Å²) >= 11 is 0. The molecule has 0 aliphatic heterocycles. The molecule has 1 saturated carbocycles. The van der Waals surface area contributed by atoms with Crippen molar-refractivity contribution in [2.24, 2.45) is 23.5 Å². The highest BCUT2D eigenvalue weighted by Crippen LogP contribution is 2.47. The SMILES string of the molecule is C[C@H]1[C@H](C(=O)O)[C@H]1C(N)C(=O)O. The molecular formula is C7H11NO4. The van der Waals surface area contributed by atoms with Gasteiger partial charge < -0.3 is 15.9 Å². The van der Waals surface area contributed by atoms with E-state index in [0.29, 0.717) is 0 Å². The maximum absolute atomic E-state index is 10.5. The van der Waals surface area contributed by atoms with Crippen LogP contribution in [0, 0.1) is 17.8 Å². The Hall–Kier alpha value is -1.10. The van der Waals surface area contributed by atoms with E-state index >= 15 is 0 Å². The Morgan fingerprint density at radius 2 is 1.92 bits per heavy atom. The number of nitrogens with two attached hydrogens (primary N) is 1. The van der Waals surface area contributed by atoms with Gasteiger partial charge in [-0.25, -0.2) is 0 Å². The van der Waals surface area contributed by atoms with Crippen molar-refractivity contribution in [1.29, 1.82) is 0 Å². The largest absolute Gasteiger partial charge is 0.481 e. The maximum Gasteiger partial charge on any atom is 0.320 e. The second-order valence-corrected chi connectivity index (χ2v) is 3.16. The summed E-state index contributed by atoms with van der Waals surface area (Å²) in [5.74, 6) is -3.18. The Bertz CT molecular complexity index is 211. The van der Waals surface area contributed by atoms with Gasteiger partial charge in [0.05, 0.1) is 5.92 Å². The summed E-state index contributed by atoms with van der Waals surface area (Å²) in [7, 11) is 0. The van der Waals surface area contributed by atoms with Gasteiger partial charge in [-0.05, 0) is 5.92 Å². The zero-order valence-electron chi connectivity index (χ0n) is 6.60. The van der Waals surface area contributed by atoms with Crippen LogP contribution in [0.5, 0.6) is 0 Å². The monoisotopic (exact) mass is 173 g/mol. The molecule has 0 amide bonds. The van der Waals surface area contributed by atoms with Crippen LogP contribution in [0.2, 0.25) is 0 Å². The molecule has 5 nitrogen and oxygen atoms in total. The van der Waals surface area contributed by atoms with Gasteiger partial charge in [0.1, 0.15) is 6.04 Å². The number of aliphatic carboxylic acids is 2. The Labute approximate surface area is 69.2 Å². The van der Waals surface area contributed by atoms with E-state index in [-0.39, 0.29) is 5.92 Å². The fourth-order valence-electron chi connectivity index (χ4n) is 1.60. The highest BCUT2D eigenvalue weighted by atomic mass is 16.4. The normalized spacial score (nSPS) is 35.7. The molecule has 0 heterocycles. The molecule has 0 saturated heterocycles. The van der Waals surface area contributed by atoms with E-state index in [9.17, 15) is 9.59 Å². The average Bonchev–Trinajstić information content (AvgIpc) is 2.59. The lowest BCUT2D eigenvalue weighted by atomic mass is 10.1. The van der Waals surface area contributed by atoms with Crippen LogP contribution in [-0.2, 0) is 9.59 Å². The molecule has 1 rings (SSSR count). The molecule has 4 atom stereocenters. The molecule has 1 aliphatic carbocycles. The molecule has 5 heteroatoms. The third-order valence-corrected chi connectivity index (χ3v) is 2.43. The lowest BCUT2D eigenvalue weighted by Gasteiger charge is -2.02. The third kappa shape index (κ3) is 1.27. The first kappa shape index (κ1) is 8.99. The minimum absolute atomic E-state index is 0.117. The fourth-order valence-corrected chi connectivity index (χ4v) is 1.60. The summed E-state index contributed by atoms with van der Waals surface area (Å²) < 4.78 is 0. The van der Waals surface area contributed by atoms with Crippen LogP contribution >= 0.6 is 0 Å². The maximum atomic E-state index is 10.5. The highest BCUT2D eigenvalue weighted by molar-refractivity contribution is 5.80. The lowest BCUT2D eigenvalue weighted by molar-refractivity contribution is -0.140. The van der Waals surface area contributed by atoms with Crippen LogP contribution < -0.4 is 5.73 Å². The van der Waals surface area contributed by atoms with Gasteiger partial charge in [-0.15, -0.1) is 0 Å². The number of carbonyl (C=O) groups is 2. The Balaban J connectivity index is 2.58. The summed E-state index contributed by atoms with van der Waals surface area (Å²) in [6.07, 6.45) is 0. The van der Waals surface area contributed by atoms with Crippen molar-refractivity contribution < 1.29 is 19.8 Å². The molecule has 0 aromatic carbocycles. The first-order chi connectivity index (χ1) is 5.46. The van der Waals surface area contributed by atoms with Gasteiger partial charge in [-0.1, -0.05) is 6.92 Å². The van der Waals surface area contributed by atoms with Crippen LogP contribution in [-0.4, -0.2) is 28.2 Å². The molecule has 0 radical (unpaired) electrons. The smallest absolute Gasteiger partial charge is 0.320 e. The van der Waals surface area contributed by atoms with Crippen LogP contribution in [0.15, 0.2) is 0 Å². The number of hydrogen-bond donors (Lipinski definition) is 3. The second-order valence-electron chi connectivity index (χ2n) is 3.16. The van der Waals surface area contributed by atoms with Gasteiger partial charge >= 0.3 is 11.9 Å².